The molecule has 0 bridgehead atoms. The Bertz CT molecular complexity index is 611. The van der Waals surface area contributed by atoms with Crippen molar-refractivity contribution in [3.63, 3.8) is 0 Å². The number of carbonyl (C=O) groups is 1. The second kappa shape index (κ2) is 9.03. The number of likely N-dealkylation sites (tertiary alicyclic amines) is 1. The zero-order chi connectivity index (χ0) is 17.4. The number of amides is 1. The Morgan fingerprint density at radius 1 is 1.25 bits per heavy atom. The van der Waals surface area contributed by atoms with Gasteiger partial charge < -0.3 is 9.64 Å². The minimum absolute atomic E-state index is 0.0242. The highest BCUT2D eigenvalue weighted by molar-refractivity contribution is 7.89. The Kier molecular flexibility index (Phi) is 7.05. The van der Waals surface area contributed by atoms with Crippen LogP contribution in [0.15, 0.2) is 30.3 Å². The summed E-state index contributed by atoms with van der Waals surface area (Å²) >= 11 is 0. The molecule has 1 saturated heterocycles. The average Bonchev–Trinajstić information content (AvgIpc) is 2.59. The summed E-state index contributed by atoms with van der Waals surface area (Å²) in [6, 6.07) is 9.27. The Balaban J connectivity index is 1.69. The molecule has 0 spiro atoms. The van der Waals surface area contributed by atoms with E-state index in [9.17, 15) is 13.2 Å². The largest absolute Gasteiger partial charge is 0.484 e. The summed E-state index contributed by atoms with van der Waals surface area (Å²) in [5, 5.41) is 0. The van der Waals surface area contributed by atoms with Crippen LogP contribution in [0.5, 0.6) is 5.75 Å². The van der Waals surface area contributed by atoms with E-state index < -0.39 is 10.0 Å². The highest BCUT2D eigenvalue weighted by Crippen LogP contribution is 2.17. The molecule has 134 valence electrons. The lowest BCUT2D eigenvalue weighted by Crippen LogP contribution is -2.43. The Morgan fingerprint density at radius 3 is 2.54 bits per heavy atom. The molecule has 1 aliphatic heterocycles. The van der Waals surface area contributed by atoms with Crippen molar-refractivity contribution in [1.82, 2.24) is 9.62 Å². The minimum Gasteiger partial charge on any atom is -0.484 e. The lowest BCUT2D eigenvalue weighted by atomic mass is 9.97. The molecule has 0 aliphatic carbocycles. The summed E-state index contributed by atoms with van der Waals surface area (Å²) in [5.41, 5.74) is 0. The van der Waals surface area contributed by atoms with Crippen molar-refractivity contribution in [3.05, 3.63) is 30.3 Å². The Labute approximate surface area is 144 Å². The number of hydrogen-bond donors (Lipinski definition) is 1. The van der Waals surface area contributed by atoms with Crippen LogP contribution in [-0.4, -0.2) is 51.2 Å². The lowest BCUT2D eigenvalue weighted by Gasteiger charge is -2.32. The predicted octanol–water partition coefficient (Wildman–Crippen LogP) is 1.63. The van der Waals surface area contributed by atoms with Crippen molar-refractivity contribution >= 4 is 15.9 Å². The maximum absolute atomic E-state index is 12.2. The highest BCUT2D eigenvalue weighted by atomic mass is 32.2. The maximum atomic E-state index is 12.2. The number of nitrogens with one attached hydrogen (secondary N) is 1. The zero-order valence-electron chi connectivity index (χ0n) is 14.1. The van der Waals surface area contributed by atoms with Crippen LogP contribution in [0.1, 0.15) is 26.2 Å². The zero-order valence-corrected chi connectivity index (χ0v) is 14.9. The van der Waals surface area contributed by atoms with Gasteiger partial charge in [0.05, 0.1) is 5.75 Å². The third kappa shape index (κ3) is 6.13. The van der Waals surface area contributed by atoms with E-state index in [-0.39, 0.29) is 24.2 Å². The summed E-state index contributed by atoms with van der Waals surface area (Å²) in [4.78, 5) is 14.0. The first-order chi connectivity index (χ1) is 11.5. The van der Waals surface area contributed by atoms with Gasteiger partial charge in [-0.1, -0.05) is 25.1 Å². The number of ether oxygens (including phenoxy) is 1. The molecule has 1 aromatic carbocycles. The topological polar surface area (TPSA) is 75.7 Å². The monoisotopic (exact) mass is 354 g/mol. The van der Waals surface area contributed by atoms with Gasteiger partial charge in [0.2, 0.25) is 10.0 Å². The van der Waals surface area contributed by atoms with Crippen LogP contribution in [-0.2, 0) is 14.8 Å². The number of piperidine rings is 1. The number of sulfonamides is 1. The van der Waals surface area contributed by atoms with Gasteiger partial charge in [0.1, 0.15) is 5.75 Å². The van der Waals surface area contributed by atoms with E-state index >= 15 is 0 Å². The molecule has 1 aliphatic rings. The van der Waals surface area contributed by atoms with Gasteiger partial charge in [-0.25, -0.2) is 13.1 Å². The first kappa shape index (κ1) is 18.7. The van der Waals surface area contributed by atoms with Gasteiger partial charge >= 0.3 is 0 Å². The van der Waals surface area contributed by atoms with Crippen LogP contribution in [0.2, 0.25) is 0 Å². The summed E-state index contributed by atoms with van der Waals surface area (Å²) in [7, 11) is -3.15. The van der Waals surface area contributed by atoms with Gasteiger partial charge in [-0.05, 0) is 37.3 Å². The first-order valence-corrected chi connectivity index (χ1v) is 10.1. The van der Waals surface area contributed by atoms with Gasteiger partial charge in [0.15, 0.2) is 6.61 Å². The van der Waals surface area contributed by atoms with Crippen molar-refractivity contribution in [1.29, 1.82) is 0 Å². The van der Waals surface area contributed by atoms with Gasteiger partial charge in [-0.15, -0.1) is 0 Å². The Hall–Kier alpha value is -1.60. The number of carbonyl (C=O) groups excluding carboxylic acids is 1. The number of rotatable bonds is 8. The number of nitrogens with zero attached hydrogens (tertiary/aromatic N) is 1. The molecule has 0 atom stereocenters. The average molecular weight is 354 g/mol. The smallest absolute Gasteiger partial charge is 0.260 e. The fraction of sp³-hybridized carbons (Fsp3) is 0.588. The molecule has 1 heterocycles. The molecule has 0 unspecified atom stereocenters. The van der Waals surface area contributed by atoms with Crippen LogP contribution in [0, 0.1) is 5.92 Å². The fourth-order valence-corrected chi connectivity index (χ4v) is 3.90. The van der Waals surface area contributed by atoms with Crippen LogP contribution >= 0.6 is 0 Å². The van der Waals surface area contributed by atoms with E-state index in [2.05, 4.69) is 4.72 Å². The molecule has 0 saturated carbocycles. The molecule has 1 N–H and O–H groups in total. The van der Waals surface area contributed by atoms with E-state index in [1.54, 1.807) is 4.90 Å². The second-order valence-electron chi connectivity index (χ2n) is 6.09. The summed E-state index contributed by atoms with van der Waals surface area (Å²) in [5.74, 6) is 1.12. The van der Waals surface area contributed by atoms with Crippen molar-refractivity contribution in [2.24, 2.45) is 5.92 Å². The van der Waals surface area contributed by atoms with Crippen molar-refractivity contribution < 1.29 is 17.9 Å². The molecular formula is C17H26N2O4S. The number of hydrogen-bond acceptors (Lipinski definition) is 4. The number of para-hydroxylation sites is 1. The van der Waals surface area contributed by atoms with E-state index in [1.807, 2.05) is 37.3 Å². The van der Waals surface area contributed by atoms with Crippen LogP contribution in [0.3, 0.4) is 0 Å². The third-order valence-corrected chi connectivity index (χ3v) is 5.69. The van der Waals surface area contributed by atoms with Gasteiger partial charge in [-0.2, -0.15) is 0 Å². The lowest BCUT2D eigenvalue weighted by molar-refractivity contribution is -0.134. The van der Waals surface area contributed by atoms with Crippen LogP contribution < -0.4 is 9.46 Å². The second-order valence-corrected chi connectivity index (χ2v) is 8.02. The maximum Gasteiger partial charge on any atom is 0.260 e. The molecule has 1 aromatic rings. The molecule has 0 radical (unpaired) electrons. The molecule has 7 heteroatoms. The van der Waals surface area contributed by atoms with E-state index in [4.69, 9.17) is 4.74 Å². The van der Waals surface area contributed by atoms with Crippen molar-refractivity contribution in [2.75, 3.05) is 32.0 Å². The molecule has 0 aromatic heterocycles. The van der Waals surface area contributed by atoms with E-state index in [0.29, 0.717) is 31.8 Å². The predicted molar refractivity (Wildman–Crippen MR) is 93.3 cm³/mol. The normalized spacial score (nSPS) is 16.1. The molecule has 6 nitrogen and oxygen atoms in total. The summed E-state index contributed by atoms with van der Waals surface area (Å²) in [6.45, 7) is 3.65. The summed E-state index contributed by atoms with van der Waals surface area (Å²) in [6.07, 6.45) is 2.24. The van der Waals surface area contributed by atoms with Gasteiger partial charge in [0, 0.05) is 19.6 Å². The van der Waals surface area contributed by atoms with Crippen LogP contribution in [0.4, 0.5) is 0 Å². The summed E-state index contributed by atoms with van der Waals surface area (Å²) < 4.78 is 31.5. The van der Waals surface area contributed by atoms with Crippen LogP contribution in [0.25, 0.3) is 0 Å². The molecule has 1 fully saturated rings. The highest BCUT2D eigenvalue weighted by Gasteiger charge is 2.24. The van der Waals surface area contributed by atoms with Gasteiger partial charge in [0.25, 0.3) is 5.91 Å². The fourth-order valence-electron chi connectivity index (χ4n) is 2.73. The SMILES string of the molecule is CCCS(=O)(=O)NCC1CCN(C(=O)COc2ccccc2)CC1. The standard InChI is InChI=1S/C17H26N2O4S/c1-2-12-24(21,22)18-13-15-8-10-19(11-9-15)17(20)14-23-16-6-4-3-5-7-16/h3-7,15,18H,2,8-14H2,1H3. The van der Waals surface area contributed by atoms with E-state index in [0.717, 1.165) is 12.8 Å². The van der Waals surface area contributed by atoms with Gasteiger partial charge in [-0.3, -0.25) is 4.79 Å². The third-order valence-electron chi connectivity index (χ3n) is 4.14. The number of benzene rings is 1. The molecular weight excluding hydrogens is 328 g/mol. The Morgan fingerprint density at radius 2 is 1.92 bits per heavy atom. The van der Waals surface area contributed by atoms with E-state index in [1.165, 1.54) is 0 Å². The minimum atomic E-state index is -3.15. The molecule has 1 amide bonds. The molecule has 24 heavy (non-hydrogen) atoms. The van der Waals surface area contributed by atoms with Crippen molar-refractivity contribution in [3.8, 4) is 5.75 Å². The quantitative estimate of drug-likeness (QED) is 0.770. The van der Waals surface area contributed by atoms with Crippen molar-refractivity contribution in [2.45, 2.75) is 26.2 Å². The molecule has 2 rings (SSSR count). The first-order valence-electron chi connectivity index (χ1n) is 8.43.